The van der Waals surface area contributed by atoms with Crippen molar-refractivity contribution in [1.82, 2.24) is 0 Å². The van der Waals surface area contributed by atoms with Crippen molar-refractivity contribution in [3.63, 3.8) is 0 Å². The van der Waals surface area contributed by atoms with Gasteiger partial charge in [-0.15, -0.1) is 35.7 Å². The zero-order chi connectivity index (χ0) is 10.1. The Morgan fingerprint density at radius 3 is 2.86 bits per heavy atom. The molecule has 4 heteroatoms. The van der Waals surface area contributed by atoms with Gasteiger partial charge in [0.15, 0.2) is 0 Å². The van der Waals surface area contributed by atoms with E-state index in [0.29, 0.717) is 0 Å². The molecule has 0 spiro atoms. The van der Waals surface area contributed by atoms with Crippen molar-refractivity contribution < 1.29 is 4.74 Å². The largest absolute Gasteiger partial charge is 0.495 e. The van der Waals surface area contributed by atoms with Gasteiger partial charge in [-0.25, -0.2) is 0 Å². The molecule has 2 rings (SSSR count). The molecule has 0 radical (unpaired) electrons. The maximum atomic E-state index is 5.32. The second-order valence-corrected chi connectivity index (χ2v) is 5.10. The van der Waals surface area contributed by atoms with E-state index in [-0.39, 0.29) is 0 Å². The van der Waals surface area contributed by atoms with Gasteiger partial charge in [-0.2, -0.15) is 0 Å². The maximum absolute atomic E-state index is 5.32. The molecule has 0 saturated carbocycles. The van der Waals surface area contributed by atoms with Crippen LogP contribution in [-0.2, 0) is 0 Å². The van der Waals surface area contributed by atoms with E-state index in [0.717, 1.165) is 10.6 Å². The van der Waals surface area contributed by atoms with E-state index >= 15 is 0 Å². The van der Waals surface area contributed by atoms with Crippen molar-refractivity contribution in [2.75, 3.05) is 13.4 Å². The van der Waals surface area contributed by atoms with Gasteiger partial charge in [0.05, 0.1) is 7.11 Å². The summed E-state index contributed by atoms with van der Waals surface area (Å²) in [6.07, 6.45) is 2.07. The lowest BCUT2D eigenvalue weighted by molar-refractivity contribution is 0.421. The molecule has 0 amide bonds. The van der Waals surface area contributed by atoms with E-state index in [9.17, 15) is 0 Å². The number of hydrogen-bond acceptors (Lipinski definition) is 4. The summed E-state index contributed by atoms with van der Waals surface area (Å²) in [5, 5.41) is 3.25. The molecule has 0 aliphatic carbocycles. The average molecular weight is 242 g/mol. The molecule has 1 aromatic heterocycles. The molecule has 2 aromatic rings. The summed E-state index contributed by atoms with van der Waals surface area (Å²) < 4.78 is 6.56. The highest BCUT2D eigenvalue weighted by molar-refractivity contribution is 7.98. The number of thiophene rings is 1. The number of hydrogen-bond donors (Lipinski definition) is 1. The predicted molar refractivity (Wildman–Crippen MR) is 67.4 cm³/mol. The monoisotopic (exact) mass is 242 g/mol. The first-order valence-corrected chi connectivity index (χ1v) is 6.63. The average Bonchev–Trinajstić information content (AvgIpc) is 2.59. The molecule has 0 N–H and O–H groups in total. The van der Waals surface area contributed by atoms with Crippen molar-refractivity contribution in [3.8, 4) is 5.75 Å². The second kappa shape index (κ2) is 4.04. The van der Waals surface area contributed by atoms with E-state index in [1.54, 1.807) is 30.2 Å². The summed E-state index contributed by atoms with van der Waals surface area (Å²) in [4.78, 5) is 2.23. The number of benzene rings is 1. The minimum Gasteiger partial charge on any atom is -0.495 e. The van der Waals surface area contributed by atoms with Crippen LogP contribution in [0.5, 0.6) is 5.75 Å². The lowest BCUT2D eigenvalue weighted by Gasteiger charge is -2.03. The first-order chi connectivity index (χ1) is 6.76. The molecule has 0 fully saturated rings. The van der Waals surface area contributed by atoms with E-state index in [4.69, 9.17) is 4.74 Å². The Morgan fingerprint density at radius 1 is 1.43 bits per heavy atom. The standard InChI is InChI=1S/C10H10OS3/c1-11-7-5-14-9-4-6(12)3-8(13-2)10(7)9/h3-5,12H,1-2H3. The van der Waals surface area contributed by atoms with Crippen LogP contribution < -0.4 is 4.74 Å². The van der Waals surface area contributed by atoms with Gasteiger partial charge in [-0.3, -0.25) is 0 Å². The van der Waals surface area contributed by atoms with Gasteiger partial charge in [0.1, 0.15) is 5.75 Å². The van der Waals surface area contributed by atoms with Gasteiger partial charge >= 0.3 is 0 Å². The third-order valence-corrected chi connectivity index (χ3v) is 3.96. The maximum Gasteiger partial charge on any atom is 0.138 e. The number of fused-ring (bicyclic) bond motifs is 1. The summed E-state index contributed by atoms with van der Waals surface area (Å²) in [6.45, 7) is 0. The number of thioether (sulfide) groups is 1. The lowest BCUT2D eigenvalue weighted by Crippen LogP contribution is -1.81. The SMILES string of the molecule is COc1csc2cc(S)cc(SC)c12. The van der Waals surface area contributed by atoms with Gasteiger partial charge in [-0.1, -0.05) is 0 Å². The van der Waals surface area contributed by atoms with E-state index < -0.39 is 0 Å². The number of thiol groups is 1. The topological polar surface area (TPSA) is 9.23 Å². The molecule has 0 bridgehead atoms. The van der Waals surface area contributed by atoms with E-state index in [2.05, 4.69) is 31.0 Å². The summed E-state index contributed by atoms with van der Waals surface area (Å²) in [7, 11) is 1.71. The van der Waals surface area contributed by atoms with Crippen molar-refractivity contribution in [3.05, 3.63) is 17.5 Å². The Bertz CT molecular complexity index is 462. The van der Waals surface area contributed by atoms with E-state index in [1.807, 2.05) is 5.38 Å². The number of rotatable bonds is 2. The van der Waals surface area contributed by atoms with Crippen molar-refractivity contribution in [2.45, 2.75) is 9.79 Å². The van der Waals surface area contributed by atoms with Crippen LogP contribution in [0.2, 0.25) is 0 Å². The summed E-state index contributed by atoms with van der Waals surface area (Å²) >= 11 is 7.79. The smallest absolute Gasteiger partial charge is 0.138 e. The fourth-order valence-corrected chi connectivity index (χ4v) is 3.53. The molecule has 0 aliphatic rings. The van der Waals surface area contributed by atoms with Crippen LogP contribution in [0.25, 0.3) is 10.1 Å². The Kier molecular flexibility index (Phi) is 2.95. The first kappa shape index (κ1) is 10.2. The number of ether oxygens (including phenoxy) is 1. The molecule has 1 aromatic carbocycles. The summed E-state index contributed by atoms with van der Waals surface area (Å²) in [5.41, 5.74) is 0. The van der Waals surface area contributed by atoms with Crippen LogP contribution in [0.3, 0.4) is 0 Å². The van der Waals surface area contributed by atoms with Gasteiger partial charge in [0, 0.05) is 25.3 Å². The fourth-order valence-electron chi connectivity index (χ4n) is 1.40. The molecule has 1 nitrogen and oxygen atoms in total. The third kappa shape index (κ3) is 1.62. The van der Waals surface area contributed by atoms with Crippen molar-refractivity contribution >= 4 is 45.8 Å². The molecule has 1 heterocycles. The van der Waals surface area contributed by atoms with Crippen LogP contribution >= 0.6 is 35.7 Å². The zero-order valence-corrected chi connectivity index (χ0v) is 10.4. The van der Waals surface area contributed by atoms with Crippen LogP contribution in [0.15, 0.2) is 27.3 Å². The van der Waals surface area contributed by atoms with Crippen LogP contribution in [0.4, 0.5) is 0 Å². The van der Waals surface area contributed by atoms with Crippen molar-refractivity contribution in [1.29, 1.82) is 0 Å². The molecule has 0 aliphatic heterocycles. The molecule has 0 unspecified atom stereocenters. The number of methoxy groups -OCH3 is 1. The molecular formula is C10H10OS3. The van der Waals surface area contributed by atoms with Gasteiger partial charge in [0.2, 0.25) is 0 Å². The second-order valence-electron chi connectivity index (χ2n) is 2.83. The first-order valence-electron chi connectivity index (χ1n) is 4.08. The lowest BCUT2D eigenvalue weighted by atomic mass is 10.2. The van der Waals surface area contributed by atoms with E-state index in [1.165, 1.54) is 15.0 Å². The molecular weight excluding hydrogens is 232 g/mol. The Balaban J connectivity index is 2.78. The Hall–Kier alpha value is -0.320. The minimum atomic E-state index is 0.961. The Labute approximate surface area is 96.9 Å². The highest BCUT2D eigenvalue weighted by Gasteiger charge is 2.09. The van der Waals surface area contributed by atoms with Crippen LogP contribution in [-0.4, -0.2) is 13.4 Å². The quantitative estimate of drug-likeness (QED) is 0.631. The van der Waals surface area contributed by atoms with Crippen LogP contribution in [0.1, 0.15) is 0 Å². The Morgan fingerprint density at radius 2 is 2.21 bits per heavy atom. The van der Waals surface area contributed by atoms with Gasteiger partial charge < -0.3 is 4.74 Å². The molecule has 0 saturated heterocycles. The normalized spacial score (nSPS) is 10.8. The predicted octanol–water partition coefficient (Wildman–Crippen LogP) is 3.92. The highest BCUT2D eigenvalue weighted by atomic mass is 32.2. The van der Waals surface area contributed by atoms with Crippen LogP contribution in [0, 0.1) is 0 Å². The molecule has 14 heavy (non-hydrogen) atoms. The third-order valence-electron chi connectivity index (χ3n) is 2.03. The minimum absolute atomic E-state index is 0.961. The molecule has 0 atom stereocenters. The van der Waals surface area contributed by atoms with Crippen molar-refractivity contribution in [2.24, 2.45) is 0 Å². The van der Waals surface area contributed by atoms with Gasteiger partial charge in [0.25, 0.3) is 0 Å². The van der Waals surface area contributed by atoms with Gasteiger partial charge in [-0.05, 0) is 18.4 Å². The summed E-state index contributed by atoms with van der Waals surface area (Å²) in [5.74, 6) is 0.961. The highest BCUT2D eigenvalue weighted by Crippen LogP contribution is 2.39. The fraction of sp³-hybridized carbons (Fsp3) is 0.200. The molecule has 74 valence electrons. The summed E-state index contributed by atoms with van der Waals surface area (Å²) in [6, 6.07) is 4.15. The zero-order valence-electron chi connectivity index (χ0n) is 7.90.